The number of morpholine rings is 1. The molecule has 3 amide bonds. The van der Waals surface area contributed by atoms with Crippen LogP contribution >= 0.6 is 0 Å². The molecule has 0 N–H and O–H groups in total. The molecule has 2 fully saturated rings. The molecule has 6 nitrogen and oxygen atoms in total. The SMILES string of the molecule is CN1CCN(C(=O)N2CCOCC2)C(C)(C)C1=O. The molecule has 2 rings (SSSR count). The number of amides is 3. The molecular formula is C12H21N3O3. The first kappa shape index (κ1) is 13.1. The fourth-order valence-corrected chi connectivity index (χ4v) is 2.47. The maximum absolute atomic E-state index is 12.4. The molecule has 0 aromatic carbocycles. The number of piperazine rings is 1. The van der Waals surface area contributed by atoms with E-state index in [4.69, 9.17) is 4.74 Å². The molecule has 0 unspecified atom stereocenters. The lowest BCUT2D eigenvalue weighted by molar-refractivity contribution is -0.144. The van der Waals surface area contributed by atoms with E-state index in [0.29, 0.717) is 39.4 Å². The lowest BCUT2D eigenvalue weighted by Gasteiger charge is -2.46. The maximum Gasteiger partial charge on any atom is 0.321 e. The van der Waals surface area contributed by atoms with Crippen molar-refractivity contribution in [3.63, 3.8) is 0 Å². The Morgan fingerprint density at radius 2 is 1.78 bits per heavy atom. The third-order valence-electron chi connectivity index (χ3n) is 3.72. The minimum Gasteiger partial charge on any atom is -0.378 e. The average molecular weight is 255 g/mol. The largest absolute Gasteiger partial charge is 0.378 e. The summed E-state index contributed by atoms with van der Waals surface area (Å²) < 4.78 is 5.24. The summed E-state index contributed by atoms with van der Waals surface area (Å²) in [5.41, 5.74) is -0.762. The van der Waals surface area contributed by atoms with Gasteiger partial charge in [-0.3, -0.25) is 4.79 Å². The molecule has 102 valence electrons. The minimum absolute atomic E-state index is 0.00430. The fourth-order valence-electron chi connectivity index (χ4n) is 2.47. The summed E-state index contributed by atoms with van der Waals surface area (Å²) in [6.07, 6.45) is 0. The van der Waals surface area contributed by atoms with Gasteiger partial charge < -0.3 is 19.4 Å². The van der Waals surface area contributed by atoms with Crippen molar-refractivity contribution in [3.05, 3.63) is 0 Å². The standard InChI is InChI=1S/C12H21N3O3/c1-12(2)10(16)13(3)4-5-15(12)11(17)14-6-8-18-9-7-14/h4-9H2,1-3H3. The molecule has 6 heteroatoms. The van der Waals surface area contributed by atoms with Gasteiger partial charge in [-0.1, -0.05) is 0 Å². The van der Waals surface area contributed by atoms with E-state index in [1.54, 1.807) is 21.7 Å². The van der Waals surface area contributed by atoms with Gasteiger partial charge in [-0.05, 0) is 13.8 Å². The first-order valence-corrected chi connectivity index (χ1v) is 6.34. The van der Waals surface area contributed by atoms with Crippen LogP contribution in [0.5, 0.6) is 0 Å². The lowest BCUT2D eigenvalue weighted by Crippen LogP contribution is -2.66. The highest BCUT2D eigenvalue weighted by atomic mass is 16.5. The predicted molar refractivity (Wildman–Crippen MR) is 66.2 cm³/mol. The third-order valence-corrected chi connectivity index (χ3v) is 3.72. The van der Waals surface area contributed by atoms with Gasteiger partial charge in [0, 0.05) is 33.2 Å². The minimum atomic E-state index is -0.762. The molecule has 2 heterocycles. The second-order valence-electron chi connectivity index (χ2n) is 5.32. The molecule has 0 aromatic heterocycles. The van der Waals surface area contributed by atoms with Gasteiger partial charge in [-0.15, -0.1) is 0 Å². The summed E-state index contributed by atoms with van der Waals surface area (Å²) in [5.74, 6) is -0.00430. The summed E-state index contributed by atoms with van der Waals surface area (Å²) in [6, 6.07) is -0.0512. The molecule has 0 saturated carbocycles. The van der Waals surface area contributed by atoms with Gasteiger partial charge in [-0.25, -0.2) is 4.79 Å². The van der Waals surface area contributed by atoms with Crippen LogP contribution in [-0.2, 0) is 9.53 Å². The van der Waals surface area contributed by atoms with Crippen LogP contribution in [0, 0.1) is 0 Å². The molecule has 2 aliphatic rings. The normalized spacial score (nSPS) is 24.4. The molecule has 0 bridgehead atoms. The summed E-state index contributed by atoms with van der Waals surface area (Å²) in [4.78, 5) is 29.7. The second-order valence-corrected chi connectivity index (χ2v) is 5.32. The Morgan fingerprint density at radius 3 is 2.39 bits per heavy atom. The van der Waals surface area contributed by atoms with Crippen molar-refractivity contribution in [1.82, 2.24) is 14.7 Å². The fraction of sp³-hybridized carbons (Fsp3) is 0.833. The Hall–Kier alpha value is -1.30. The van der Waals surface area contributed by atoms with Crippen LogP contribution in [0.4, 0.5) is 4.79 Å². The molecule has 0 atom stereocenters. The molecule has 2 saturated heterocycles. The van der Waals surface area contributed by atoms with Crippen LogP contribution in [0.2, 0.25) is 0 Å². The number of hydrogen-bond donors (Lipinski definition) is 0. The summed E-state index contributed by atoms with van der Waals surface area (Å²) in [7, 11) is 1.78. The van der Waals surface area contributed by atoms with Crippen molar-refractivity contribution in [1.29, 1.82) is 0 Å². The van der Waals surface area contributed by atoms with E-state index >= 15 is 0 Å². The predicted octanol–water partition coefficient (Wildman–Crippen LogP) is -0.00880. The van der Waals surface area contributed by atoms with Crippen molar-refractivity contribution < 1.29 is 14.3 Å². The van der Waals surface area contributed by atoms with Crippen molar-refractivity contribution in [2.75, 3.05) is 46.4 Å². The van der Waals surface area contributed by atoms with Crippen LogP contribution < -0.4 is 0 Å². The van der Waals surface area contributed by atoms with Gasteiger partial charge in [-0.2, -0.15) is 0 Å². The highest BCUT2D eigenvalue weighted by Gasteiger charge is 2.44. The van der Waals surface area contributed by atoms with E-state index in [9.17, 15) is 9.59 Å². The summed E-state index contributed by atoms with van der Waals surface area (Å²) >= 11 is 0. The van der Waals surface area contributed by atoms with Crippen LogP contribution in [0.3, 0.4) is 0 Å². The van der Waals surface area contributed by atoms with E-state index < -0.39 is 5.54 Å². The average Bonchev–Trinajstić information content (AvgIpc) is 2.36. The van der Waals surface area contributed by atoms with Crippen molar-refractivity contribution in [3.8, 4) is 0 Å². The summed E-state index contributed by atoms with van der Waals surface area (Å²) in [5, 5.41) is 0. The zero-order valence-corrected chi connectivity index (χ0v) is 11.3. The zero-order chi connectivity index (χ0) is 13.3. The number of likely N-dealkylation sites (N-methyl/N-ethyl adjacent to an activating group) is 1. The molecule has 0 aliphatic carbocycles. The Morgan fingerprint density at radius 1 is 1.17 bits per heavy atom. The number of urea groups is 1. The van der Waals surface area contributed by atoms with Gasteiger partial charge in [0.25, 0.3) is 0 Å². The smallest absolute Gasteiger partial charge is 0.321 e. The Kier molecular flexibility index (Phi) is 3.47. The molecule has 0 spiro atoms. The quantitative estimate of drug-likeness (QED) is 0.612. The van der Waals surface area contributed by atoms with Crippen LogP contribution in [-0.4, -0.2) is 78.6 Å². The molecule has 18 heavy (non-hydrogen) atoms. The lowest BCUT2D eigenvalue weighted by atomic mass is 9.98. The van der Waals surface area contributed by atoms with Crippen molar-refractivity contribution in [2.45, 2.75) is 19.4 Å². The zero-order valence-electron chi connectivity index (χ0n) is 11.3. The van der Waals surface area contributed by atoms with Crippen molar-refractivity contribution in [2.24, 2.45) is 0 Å². The Bertz CT molecular complexity index is 350. The van der Waals surface area contributed by atoms with Gasteiger partial charge in [0.1, 0.15) is 5.54 Å². The van der Waals surface area contributed by atoms with E-state index in [0.717, 1.165) is 0 Å². The highest BCUT2D eigenvalue weighted by Crippen LogP contribution is 2.23. The molecular weight excluding hydrogens is 234 g/mol. The number of carbonyl (C=O) groups is 2. The van der Waals surface area contributed by atoms with E-state index in [1.807, 2.05) is 13.8 Å². The third kappa shape index (κ3) is 2.16. The van der Waals surface area contributed by atoms with Gasteiger partial charge in [0.15, 0.2) is 0 Å². The van der Waals surface area contributed by atoms with E-state index in [1.165, 1.54) is 0 Å². The van der Waals surface area contributed by atoms with Crippen molar-refractivity contribution >= 4 is 11.9 Å². The maximum atomic E-state index is 12.4. The number of ether oxygens (including phenoxy) is 1. The van der Waals surface area contributed by atoms with Gasteiger partial charge in [0.2, 0.25) is 5.91 Å². The second kappa shape index (κ2) is 4.76. The summed E-state index contributed by atoms with van der Waals surface area (Å²) in [6.45, 7) is 7.17. The number of nitrogens with zero attached hydrogens (tertiary/aromatic N) is 3. The monoisotopic (exact) mass is 255 g/mol. The number of rotatable bonds is 0. The van der Waals surface area contributed by atoms with E-state index in [-0.39, 0.29) is 11.9 Å². The van der Waals surface area contributed by atoms with Gasteiger partial charge in [0.05, 0.1) is 13.2 Å². The number of hydrogen-bond acceptors (Lipinski definition) is 3. The molecule has 2 aliphatic heterocycles. The Labute approximate surface area is 107 Å². The van der Waals surface area contributed by atoms with Crippen LogP contribution in [0.25, 0.3) is 0 Å². The number of carbonyl (C=O) groups excluding carboxylic acids is 2. The highest BCUT2D eigenvalue weighted by molar-refractivity contribution is 5.91. The molecule has 0 radical (unpaired) electrons. The van der Waals surface area contributed by atoms with Gasteiger partial charge >= 0.3 is 6.03 Å². The van der Waals surface area contributed by atoms with Crippen LogP contribution in [0.15, 0.2) is 0 Å². The Balaban J connectivity index is 2.11. The molecule has 0 aromatic rings. The topological polar surface area (TPSA) is 53.1 Å². The first-order valence-electron chi connectivity index (χ1n) is 6.34. The first-order chi connectivity index (χ1) is 8.44. The van der Waals surface area contributed by atoms with E-state index in [2.05, 4.69) is 0 Å². The van der Waals surface area contributed by atoms with Crippen LogP contribution in [0.1, 0.15) is 13.8 Å².